The molecule has 5 rings (SSSR count). The van der Waals surface area contributed by atoms with Crippen molar-refractivity contribution in [2.75, 3.05) is 15.9 Å². The Morgan fingerprint density at radius 2 is 1.47 bits per heavy atom. The number of aryl methyl sites for hydroxylation is 2. The van der Waals surface area contributed by atoms with Crippen molar-refractivity contribution >= 4 is 49.2 Å². The minimum absolute atomic E-state index is 0.188. The van der Waals surface area contributed by atoms with E-state index < -0.39 is 10.0 Å². The molecule has 1 N–H and O–H groups in total. The van der Waals surface area contributed by atoms with E-state index in [1.807, 2.05) is 74.5 Å². The van der Waals surface area contributed by atoms with Crippen LogP contribution in [-0.2, 0) is 29.4 Å². The SMILES string of the molecule is CCc1cccc(CC)c1N(Cc1ccc(C(=O)Nc2ccc3c(c2)oc2ccccc23)cc1)S(C)(=O)=O. The molecule has 0 spiro atoms. The van der Waals surface area contributed by atoms with E-state index in [-0.39, 0.29) is 12.5 Å². The van der Waals surface area contributed by atoms with Gasteiger partial charge < -0.3 is 9.73 Å². The van der Waals surface area contributed by atoms with Crippen LogP contribution in [0, 0.1) is 0 Å². The van der Waals surface area contributed by atoms with Crippen molar-refractivity contribution in [1.82, 2.24) is 0 Å². The number of fused-ring (bicyclic) bond motifs is 3. The molecule has 0 saturated carbocycles. The smallest absolute Gasteiger partial charge is 0.255 e. The third-order valence-corrected chi connectivity index (χ3v) is 7.91. The number of benzene rings is 4. The summed E-state index contributed by atoms with van der Waals surface area (Å²) in [5.41, 5.74) is 6.16. The average molecular weight is 527 g/mol. The second-order valence-electron chi connectivity index (χ2n) is 9.36. The van der Waals surface area contributed by atoms with Gasteiger partial charge in [0.05, 0.1) is 18.5 Å². The molecule has 7 heteroatoms. The first-order chi connectivity index (χ1) is 18.3. The summed E-state index contributed by atoms with van der Waals surface area (Å²) in [6.07, 6.45) is 2.70. The van der Waals surface area contributed by atoms with E-state index in [0.29, 0.717) is 16.8 Å². The monoisotopic (exact) mass is 526 g/mol. The van der Waals surface area contributed by atoms with Crippen molar-refractivity contribution in [2.24, 2.45) is 0 Å². The van der Waals surface area contributed by atoms with Crippen LogP contribution in [0.2, 0.25) is 0 Å². The fourth-order valence-corrected chi connectivity index (χ4v) is 5.78. The molecule has 194 valence electrons. The van der Waals surface area contributed by atoms with Gasteiger partial charge in [0.2, 0.25) is 10.0 Å². The number of furan rings is 1. The maximum absolute atomic E-state index is 13.0. The number of amides is 1. The Bertz CT molecular complexity index is 1720. The molecule has 6 nitrogen and oxygen atoms in total. The third kappa shape index (κ3) is 5.02. The third-order valence-electron chi connectivity index (χ3n) is 6.79. The highest BCUT2D eigenvalue weighted by Gasteiger charge is 2.23. The van der Waals surface area contributed by atoms with Gasteiger partial charge in [0.25, 0.3) is 5.91 Å². The van der Waals surface area contributed by atoms with Crippen molar-refractivity contribution in [3.63, 3.8) is 0 Å². The fraction of sp³-hybridized carbons (Fsp3) is 0.194. The molecule has 0 fully saturated rings. The van der Waals surface area contributed by atoms with Gasteiger partial charge in [-0.1, -0.05) is 62.4 Å². The van der Waals surface area contributed by atoms with Gasteiger partial charge in [-0.3, -0.25) is 9.10 Å². The van der Waals surface area contributed by atoms with Crippen LogP contribution in [0.25, 0.3) is 21.9 Å². The minimum Gasteiger partial charge on any atom is -0.456 e. The van der Waals surface area contributed by atoms with Crippen molar-refractivity contribution in [3.05, 3.63) is 107 Å². The molecule has 0 radical (unpaired) electrons. The van der Waals surface area contributed by atoms with Crippen molar-refractivity contribution < 1.29 is 17.6 Å². The lowest BCUT2D eigenvalue weighted by Crippen LogP contribution is -2.31. The van der Waals surface area contributed by atoms with Gasteiger partial charge in [-0.05, 0) is 59.9 Å². The highest BCUT2D eigenvalue weighted by molar-refractivity contribution is 7.92. The summed E-state index contributed by atoms with van der Waals surface area (Å²) >= 11 is 0. The van der Waals surface area contributed by atoms with Gasteiger partial charge in [-0.25, -0.2) is 8.42 Å². The molecule has 38 heavy (non-hydrogen) atoms. The molecule has 0 aliphatic rings. The molecule has 1 aromatic heterocycles. The molecule has 0 aliphatic carbocycles. The number of anilines is 2. The van der Waals surface area contributed by atoms with Crippen LogP contribution < -0.4 is 9.62 Å². The highest BCUT2D eigenvalue weighted by atomic mass is 32.2. The molecule has 0 bridgehead atoms. The number of carbonyl (C=O) groups is 1. The molecule has 4 aromatic carbocycles. The zero-order valence-corrected chi connectivity index (χ0v) is 22.5. The molecule has 0 unspecified atom stereocenters. The van der Waals surface area contributed by atoms with Gasteiger partial charge in [0.15, 0.2) is 0 Å². The Labute approximate surface area is 222 Å². The number of nitrogens with one attached hydrogen (secondary N) is 1. The quantitative estimate of drug-likeness (QED) is 0.238. The largest absolute Gasteiger partial charge is 0.456 e. The molecule has 1 amide bonds. The Kier molecular flexibility index (Phi) is 6.95. The maximum Gasteiger partial charge on any atom is 0.255 e. The van der Waals surface area contributed by atoms with Crippen LogP contribution in [0.4, 0.5) is 11.4 Å². The molecule has 5 aromatic rings. The second kappa shape index (κ2) is 10.3. The summed E-state index contributed by atoms with van der Waals surface area (Å²) in [5.74, 6) is -0.253. The van der Waals surface area contributed by atoms with Gasteiger partial charge in [-0.15, -0.1) is 0 Å². The minimum atomic E-state index is -3.53. The molecule has 0 saturated heterocycles. The van der Waals surface area contributed by atoms with Gasteiger partial charge in [-0.2, -0.15) is 0 Å². The lowest BCUT2D eigenvalue weighted by Gasteiger charge is -2.27. The fourth-order valence-electron chi connectivity index (χ4n) is 4.83. The van der Waals surface area contributed by atoms with E-state index >= 15 is 0 Å². The van der Waals surface area contributed by atoms with E-state index in [1.54, 1.807) is 24.3 Å². The zero-order chi connectivity index (χ0) is 26.9. The van der Waals surface area contributed by atoms with Crippen LogP contribution in [0.15, 0.2) is 89.3 Å². The van der Waals surface area contributed by atoms with E-state index in [0.717, 1.165) is 51.6 Å². The summed E-state index contributed by atoms with van der Waals surface area (Å²) in [6.45, 7) is 4.24. The lowest BCUT2D eigenvalue weighted by molar-refractivity contribution is 0.102. The van der Waals surface area contributed by atoms with E-state index in [4.69, 9.17) is 4.42 Å². The predicted molar refractivity (Wildman–Crippen MR) is 154 cm³/mol. The summed E-state index contributed by atoms with van der Waals surface area (Å²) in [7, 11) is -3.53. The molecule has 0 atom stereocenters. The number of rotatable bonds is 8. The average Bonchev–Trinajstić information content (AvgIpc) is 3.28. The normalized spacial score (nSPS) is 11.7. The Morgan fingerprint density at radius 1 is 0.816 bits per heavy atom. The van der Waals surface area contributed by atoms with Crippen LogP contribution in [0.3, 0.4) is 0 Å². The zero-order valence-electron chi connectivity index (χ0n) is 21.7. The van der Waals surface area contributed by atoms with Gasteiger partial charge >= 0.3 is 0 Å². The van der Waals surface area contributed by atoms with Crippen LogP contribution >= 0.6 is 0 Å². The van der Waals surface area contributed by atoms with E-state index in [1.165, 1.54) is 10.6 Å². The number of hydrogen-bond donors (Lipinski definition) is 1. The van der Waals surface area contributed by atoms with Crippen LogP contribution in [-0.4, -0.2) is 20.6 Å². The standard InChI is InChI=1S/C31H30N2O4S/c1-4-22-9-8-10-23(5-2)30(22)33(38(3,35)36)20-21-13-15-24(16-14-21)31(34)32-25-17-18-27-26-11-6-7-12-28(26)37-29(27)19-25/h6-19H,4-5,20H2,1-3H3,(H,32,34). The van der Waals surface area contributed by atoms with Crippen LogP contribution in [0.1, 0.15) is 40.9 Å². The van der Waals surface area contributed by atoms with Crippen molar-refractivity contribution in [3.8, 4) is 0 Å². The number of carbonyl (C=O) groups excluding carboxylic acids is 1. The first kappa shape index (κ1) is 25.5. The summed E-state index contributed by atoms with van der Waals surface area (Å²) in [5, 5.41) is 4.96. The van der Waals surface area contributed by atoms with E-state index in [9.17, 15) is 13.2 Å². The van der Waals surface area contributed by atoms with Crippen LogP contribution in [0.5, 0.6) is 0 Å². The van der Waals surface area contributed by atoms with Gasteiger partial charge in [0, 0.05) is 28.1 Å². The summed E-state index contributed by atoms with van der Waals surface area (Å²) < 4.78 is 33.1. The maximum atomic E-state index is 13.0. The lowest BCUT2D eigenvalue weighted by atomic mass is 10.0. The topological polar surface area (TPSA) is 79.6 Å². The van der Waals surface area contributed by atoms with Crippen molar-refractivity contribution in [2.45, 2.75) is 33.2 Å². The first-order valence-electron chi connectivity index (χ1n) is 12.7. The number of hydrogen-bond acceptors (Lipinski definition) is 4. The van der Waals surface area contributed by atoms with Crippen molar-refractivity contribution in [1.29, 1.82) is 0 Å². The summed E-state index contributed by atoms with van der Waals surface area (Å²) in [6, 6.07) is 26.4. The molecule has 0 aliphatic heterocycles. The van der Waals surface area contributed by atoms with E-state index in [2.05, 4.69) is 5.32 Å². The number of sulfonamides is 1. The Morgan fingerprint density at radius 3 is 2.13 bits per heavy atom. The Hall–Kier alpha value is -4.10. The molecular weight excluding hydrogens is 496 g/mol. The predicted octanol–water partition coefficient (Wildman–Crippen LogP) is 6.93. The Balaban J connectivity index is 1.36. The number of para-hydroxylation sites is 2. The second-order valence-corrected chi connectivity index (χ2v) is 11.3. The summed E-state index contributed by atoms with van der Waals surface area (Å²) in [4.78, 5) is 13.0. The highest BCUT2D eigenvalue weighted by Crippen LogP contribution is 2.32. The molecular formula is C31H30N2O4S. The van der Waals surface area contributed by atoms with Gasteiger partial charge in [0.1, 0.15) is 11.2 Å². The number of nitrogens with zero attached hydrogens (tertiary/aromatic N) is 1. The first-order valence-corrected chi connectivity index (χ1v) is 14.5. The molecule has 1 heterocycles.